The molecule has 0 radical (unpaired) electrons. The van der Waals surface area contributed by atoms with E-state index in [1.807, 2.05) is 24.3 Å². The highest BCUT2D eigenvalue weighted by atomic mass is 32.2. The number of rotatable bonds is 6. The quantitative estimate of drug-likeness (QED) is 0.374. The van der Waals surface area contributed by atoms with Crippen molar-refractivity contribution in [1.29, 1.82) is 0 Å². The highest BCUT2D eigenvalue weighted by Gasteiger charge is 2.19. The number of aromatic nitrogens is 3. The first kappa shape index (κ1) is 18.7. The lowest BCUT2D eigenvalue weighted by Crippen LogP contribution is -2.16. The molecule has 0 aliphatic heterocycles. The van der Waals surface area contributed by atoms with Crippen LogP contribution >= 0.6 is 23.1 Å². The summed E-state index contributed by atoms with van der Waals surface area (Å²) in [5, 5.41) is 0.949. The van der Waals surface area contributed by atoms with Crippen molar-refractivity contribution in [2.45, 2.75) is 4.21 Å². The Balaban J connectivity index is 1.93. The van der Waals surface area contributed by atoms with Crippen molar-refractivity contribution in [3.05, 3.63) is 59.1 Å². The summed E-state index contributed by atoms with van der Waals surface area (Å²) >= 11 is 3.24. The van der Waals surface area contributed by atoms with Crippen molar-refractivity contribution in [2.24, 2.45) is 0 Å². The number of hydrogen-bond acceptors (Lipinski definition) is 6. The summed E-state index contributed by atoms with van der Waals surface area (Å²) in [6.07, 6.45) is 1.51. The molecule has 0 aliphatic rings. The zero-order valence-electron chi connectivity index (χ0n) is 15.2. The average molecular weight is 412 g/mol. The number of hydrogen-bond donors (Lipinski definition) is 2. The molecular weight excluding hydrogens is 392 g/mol. The number of nitrogen functional groups attached to an aromatic ring is 1. The van der Waals surface area contributed by atoms with E-state index in [0.717, 1.165) is 37.0 Å². The summed E-state index contributed by atoms with van der Waals surface area (Å²) in [4.78, 5) is 23.1. The lowest BCUT2D eigenvalue weighted by molar-refractivity contribution is -0.370. The number of methoxy groups -OCH3 is 1. The van der Waals surface area contributed by atoms with E-state index in [-0.39, 0.29) is 5.56 Å². The lowest BCUT2D eigenvalue weighted by atomic mass is 10.0. The lowest BCUT2D eigenvalue weighted by Gasteiger charge is -2.07. The van der Waals surface area contributed by atoms with E-state index in [4.69, 9.17) is 15.5 Å². The van der Waals surface area contributed by atoms with E-state index in [0.29, 0.717) is 18.0 Å². The molecule has 0 amide bonds. The highest BCUT2D eigenvalue weighted by Crippen LogP contribution is 2.44. The zero-order chi connectivity index (χ0) is 19.5. The molecular formula is C20H19N4O2S2+. The second-order valence-corrected chi connectivity index (χ2v) is 8.46. The van der Waals surface area contributed by atoms with Gasteiger partial charge >= 0.3 is 5.56 Å². The first-order chi connectivity index (χ1) is 13.7. The van der Waals surface area contributed by atoms with Crippen LogP contribution in [0.5, 0.6) is 0 Å². The number of fused-ring (bicyclic) bond motifs is 1. The topological polar surface area (TPSA) is 95.1 Å². The van der Waals surface area contributed by atoms with E-state index in [1.165, 1.54) is 12.4 Å². The van der Waals surface area contributed by atoms with Crippen molar-refractivity contribution in [3.63, 3.8) is 0 Å². The van der Waals surface area contributed by atoms with Crippen molar-refractivity contribution < 1.29 is 9.72 Å². The van der Waals surface area contributed by atoms with Crippen LogP contribution in [-0.4, -0.2) is 29.4 Å². The summed E-state index contributed by atoms with van der Waals surface area (Å²) in [5.74, 6) is 0.822. The molecule has 4 aromatic rings. The molecule has 3 aromatic heterocycles. The fourth-order valence-electron chi connectivity index (χ4n) is 2.96. The van der Waals surface area contributed by atoms with E-state index in [9.17, 15) is 4.79 Å². The Morgan fingerprint density at radius 2 is 2.11 bits per heavy atom. The maximum absolute atomic E-state index is 11.8. The maximum Gasteiger partial charge on any atom is 0.335 e. The van der Waals surface area contributed by atoms with Gasteiger partial charge in [-0.1, -0.05) is 30.3 Å². The minimum atomic E-state index is -0.182. The summed E-state index contributed by atoms with van der Waals surface area (Å²) in [7, 11) is 1.69. The monoisotopic (exact) mass is 411 g/mol. The Kier molecular flexibility index (Phi) is 5.43. The number of nitrogens with two attached hydrogens (primary N) is 1. The largest absolute Gasteiger partial charge is 0.397 e. The van der Waals surface area contributed by atoms with E-state index in [2.05, 4.69) is 22.1 Å². The van der Waals surface area contributed by atoms with Gasteiger partial charge in [-0.25, -0.2) is 19.7 Å². The van der Waals surface area contributed by atoms with Gasteiger partial charge in [-0.05, 0) is 17.2 Å². The number of ether oxygens (including phenoxy) is 1. The van der Waals surface area contributed by atoms with Gasteiger partial charge in [0.15, 0.2) is 5.69 Å². The van der Waals surface area contributed by atoms with Crippen LogP contribution in [0.2, 0.25) is 0 Å². The van der Waals surface area contributed by atoms with E-state index < -0.39 is 0 Å². The van der Waals surface area contributed by atoms with Gasteiger partial charge in [0.1, 0.15) is 10.5 Å². The predicted octanol–water partition coefficient (Wildman–Crippen LogP) is 3.45. The van der Waals surface area contributed by atoms with Crippen LogP contribution in [0, 0.1) is 0 Å². The first-order valence-corrected chi connectivity index (χ1v) is 10.5. The van der Waals surface area contributed by atoms with Crippen molar-refractivity contribution in [1.82, 2.24) is 9.97 Å². The van der Waals surface area contributed by atoms with Crippen molar-refractivity contribution >= 4 is 39.0 Å². The van der Waals surface area contributed by atoms with Gasteiger partial charge in [-0.15, -0.1) is 23.1 Å². The number of pyridine rings is 1. The highest BCUT2D eigenvalue weighted by molar-refractivity contribution is 8.01. The van der Waals surface area contributed by atoms with Gasteiger partial charge in [0.2, 0.25) is 6.33 Å². The molecule has 28 heavy (non-hydrogen) atoms. The fraction of sp³-hybridized carbons (Fsp3) is 0.150. The molecule has 0 aliphatic carbocycles. The number of benzene rings is 1. The molecule has 142 valence electrons. The molecule has 1 aromatic carbocycles. The predicted molar refractivity (Wildman–Crippen MR) is 115 cm³/mol. The van der Waals surface area contributed by atoms with Gasteiger partial charge in [0, 0.05) is 18.2 Å². The summed E-state index contributed by atoms with van der Waals surface area (Å²) < 4.78 is 6.18. The van der Waals surface area contributed by atoms with Gasteiger partial charge < -0.3 is 10.5 Å². The van der Waals surface area contributed by atoms with Crippen LogP contribution in [-0.2, 0) is 4.74 Å². The molecule has 0 saturated heterocycles. The van der Waals surface area contributed by atoms with Crippen LogP contribution < -0.4 is 16.3 Å². The minimum absolute atomic E-state index is 0.182. The number of anilines is 1. The fourth-order valence-corrected chi connectivity index (χ4v) is 5.23. The first-order valence-electron chi connectivity index (χ1n) is 8.68. The number of H-pyrrole nitrogens is 2. The third-order valence-corrected chi connectivity index (χ3v) is 6.61. The number of thioether (sulfide) groups is 1. The minimum Gasteiger partial charge on any atom is -0.397 e. The second-order valence-electron chi connectivity index (χ2n) is 6.10. The SMILES string of the molecule is COCCSc1sc2nc(-c3cc(=O)[nH]c[nH+]3)cc(-c3ccccc3)c2c1N. The molecule has 8 heteroatoms. The zero-order valence-corrected chi connectivity index (χ0v) is 16.8. The van der Waals surface area contributed by atoms with Crippen LogP contribution in [0.15, 0.2) is 57.8 Å². The Labute approximate surface area is 169 Å². The summed E-state index contributed by atoms with van der Waals surface area (Å²) in [5.41, 5.74) is 10.5. The van der Waals surface area contributed by atoms with Gasteiger partial charge in [-0.2, -0.15) is 0 Å². The molecule has 0 atom stereocenters. The molecule has 0 unspecified atom stereocenters. The molecule has 6 nitrogen and oxygen atoms in total. The summed E-state index contributed by atoms with van der Waals surface area (Å²) in [6.45, 7) is 0.657. The number of nitrogens with zero attached hydrogens (tertiary/aromatic N) is 1. The smallest absolute Gasteiger partial charge is 0.335 e. The molecule has 0 saturated carbocycles. The van der Waals surface area contributed by atoms with Gasteiger partial charge in [0.25, 0.3) is 0 Å². The van der Waals surface area contributed by atoms with E-state index >= 15 is 0 Å². The van der Waals surface area contributed by atoms with Gasteiger partial charge in [0.05, 0.1) is 22.6 Å². The Bertz CT molecular complexity index is 1170. The van der Waals surface area contributed by atoms with Gasteiger partial charge in [-0.3, -0.25) is 0 Å². The van der Waals surface area contributed by atoms with Crippen LogP contribution in [0.4, 0.5) is 5.69 Å². The third-order valence-electron chi connectivity index (χ3n) is 4.26. The van der Waals surface area contributed by atoms with Crippen molar-refractivity contribution in [2.75, 3.05) is 25.2 Å². The molecule has 4 rings (SSSR count). The average Bonchev–Trinajstić information content (AvgIpc) is 3.04. The van der Waals surface area contributed by atoms with E-state index in [1.54, 1.807) is 30.2 Å². The molecule has 3 heterocycles. The van der Waals surface area contributed by atoms with Crippen LogP contribution in [0.3, 0.4) is 0 Å². The molecule has 0 bridgehead atoms. The Morgan fingerprint density at radius 1 is 1.29 bits per heavy atom. The Hall–Kier alpha value is -2.68. The normalized spacial score (nSPS) is 11.2. The summed E-state index contributed by atoms with van der Waals surface area (Å²) in [6, 6.07) is 13.6. The maximum atomic E-state index is 11.8. The van der Waals surface area contributed by atoms with Crippen molar-refractivity contribution in [3.8, 4) is 22.5 Å². The second kappa shape index (κ2) is 8.14. The third kappa shape index (κ3) is 3.66. The standard InChI is InChI=1S/C20H18N4O2S2/c1-26-7-8-27-20-18(21)17-13(12-5-3-2-4-6-12)9-15(24-19(17)28-20)14-10-16(25)23-11-22-14/h2-6,9-11H,7-8,21H2,1H3,(H,22,23,25)/p+1. The number of thiophene rings is 1. The number of aromatic amines is 2. The van der Waals surface area contributed by atoms with Crippen LogP contribution in [0.25, 0.3) is 32.7 Å². The molecule has 0 spiro atoms. The number of nitrogens with one attached hydrogen (secondary N) is 2. The molecule has 0 fully saturated rings. The molecule has 4 N–H and O–H groups in total. The Morgan fingerprint density at radius 3 is 2.86 bits per heavy atom. The van der Waals surface area contributed by atoms with Crippen LogP contribution in [0.1, 0.15) is 0 Å².